The smallest absolute Gasteiger partial charge is 0.234 e. The second kappa shape index (κ2) is 6.63. The van der Waals surface area contributed by atoms with Crippen LogP contribution in [-0.4, -0.2) is 25.3 Å². The maximum atomic E-state index is 11.0. The zero-order valence-electron chi connectivity index (χ0n) is 11.1. The molecule has 1 aliphatic rings. The first kappa shape index (κ1) is 14.0. The molecule has 1 atom stereocenters. The van der Waals surface area contributed by atoms with E-state index in [0.717, 1.165) is 17.7 Å². The molecule has 1 amide bonds. The van der Waals surface area contributed by atoms with Crippen molar-refractivity contribution < 1.29 is 9.53 Å². The average Bonchev–Trinajstić information content (AvgIpc) is 2.46. The quantitative estimate of drug-likeness (QED) is 0.829. The molecule has 1 aromatic carbocycles. The standard InChI is InChI=1S/C14H18N2O2S/c1-18-12-7-4-10(13(9-12)19-2)3-5-11-6-8-14(17)16-15-11/h3-5,7,9,11,15H,6,8H2,1-2H3,(H,16,17)/b5-3+. The van der Waals surface area contributed by atoms with E-state index >= 15 is 0 Å². The van der Waals surface area contributed by atoms with Crippen molar-refractivity contribution in [3.63, 3.8) is 0 Å². The van der Waals surface area contributed by atoms with E-state index in [1.165, 1.54) is 4.90 Å². The molecule has 0 bridgehead atoms. The van der Waals surface area contributed by atoms with Crippen molar-refractivity contribution in [3.8, 4) is 5.75 Å². The third-order valence-corrected chi connectivity index (χ3v) is 3.82. The minimum atomic E-state index is 0.0545. The lowest BCUT2D eigenvalue weighted by molar-refractivity contribution is -0.123. The molecule has 1 saturated heterocycles. The largest absolute Gasteiger partial charge is 0.497 e. The fraction of sp³-hybridized carbons (Fsp3) is 0.357. The van der Waals surface area contributed by atoms with E-state index in [-0.39, 0.29) is 11.9 Å². The minimum absolute atomic E-state index is 0.0545. The second-order valence-electron chi connectivity index (χ2n) is 4.30. The van der Waals surface area contributed by atoms with Crippen molar-refractivity contribution in [3.05, 3.63) is 29.8 Å². The summed E-state index contributed by atoms with van der Waals surface area (Å²) in [5.74, 6) is 0.920. The number of ether oxygens (including phenoxy) is 1. The maximum absolute atomic E-state index is 11.0. The van der Waals surface area contributed by atoms with Gasteiger partial charge >= 0.3 is 0 Å². The van der Waals surface area contributed by atoms with E-state index in [1.807, 2.05) is 24.5 Å². The number of rotatable bonds is 4. The zero-order valence-corrected chi connectivity index (χ0v) is 11.9. The third-order valence-electron chi connectivity index (χ3n) is 3.03. The van der Waals surface area contributed by atoms with Gasteiger partial charge in [0.15, 0.2) is 0 Å². The lowest BCUT2D eigenvalue weighted by Gasteiger charge is -2.20. The number of nitrogens with one attached hydrogen (secondary N) is 2. The first-order valence-electron chi connectivity index (χ1n) is 6.17. The molecular weight excluding hydrogens is 260 g/mol. The van der Waals surface area contributed by atoms with Crippen molar-refractivity contribution >= 4 is 23.7 Å². The molecule has 0 aromatic heterocycles. The van der Waals surface area contributed by atoms with Crippen LogP contribution in [0.2, 0.25) is 0 Å². The summed E-state index contributed by atoms with van der Waals surface area (Å²) < 4.78 is 5.22. The highest BCUT2D eigenvalue weighted by atomic mass is 32.2. The molecule has 102 valence electrons. The van der Waals surface area contributed by atoms with Crippen molar-refractivity contribution in [1.82, 2.24) is 10.9 Å². The number of thioether (sulfide) groups is 1. The lowest BCUT2D eigenvalue weighted by atomic mass is 10.1. The number of hydrazine groups is 1. The summed E-state index contributed by atoms with van der Waals surface area (Å²) >= 11 is 1.69. The van der Waals surface area contributed by atoms with E-state index in [9.17, 15) is 4.79 Å². The van der Waals surface area contributed by atoms with Crippen LogP contribution in [0, 0.1) is 0 Å². The van der Waals surface area contributed by atoms with Crippen LogP contribution < -0.4 is 15.6 Å². The summed E-state index contributed by atoms with van der Waals surface area (Å²) in [6, 6.07) is 6.22. The molecule has 5 heteroatoms. The molecule has 1 aliphatic heterocycles. The first-order chi connectivity index (χ1) is 9.22. The Bertz CT molecular complexity index is 478. The summed E-state index contributed by atoms with van der Waals surface area (Å²) in [5.41, 5.74) is 6.79. The minimum Gasteiger partial charge on any atom is -0.497 e. The first-order valence-corrected chi connectivity index (χ1v) is 7.40. The number of hydrogen-bond donors (Lipinski definition) is 2. The molecule has 2 rings (SSSR count). The van der Waals surface area contributed by atoms with Crippen molar-refractivity contribution in [1.29, 1.82) is 0 Å². The molecule has 1 fully saturated rings. The topological polar surface area (TPSA) is 50.4 Å². The monoisotopic (exact) mass is 278 g/mol. The Labute approximate surface area is 117 Å². The summed E-state index contributed by atoms with van der Waals surface area (Å²) in [6.45, 7) is 0. The highest BCUT2D eigenvalue weighted by Crippen LogP contribution is 2.26. The molecule has 2 N–H and O–H groups in total. The van der Waals surface area contributed by atoms with Crippen LogP contribution in [0.3, 0.4) is 0 Å². The van der Waals surface area contributed by atoms with Gasteiger partial charge < -0.3 is 4.74 Å². The molecule has 19 heavy (non-hydrogen) atoms. The summed E-state index contributed by atoms with van der Waals surface area (Å²) in [5, 5.41) is 0. The molecule has 1 heterocycles. The van der Waals surface area contributed by atoms with Gasteiger partial charge in [0.25, 0.3) is 0 Å². The Kier molecular flexibility index (Phi) is 4.87. The SMILES string of the molecule is COc1ccc(/C=C/C2CCC(=O)NN2)c(SC)c1. The maximum Gasteiger partial charge on any atom is 0.234 e. The van der Waals surface area contributed by atoms with Gasteiger partial charge in [0.05, 0.1) is 7.11 Å². The van der Waals surface area contributed by atoms with E-state index in [2.05, 4.69) is 23.0 Å². The van der Waals surface area contributed by atoms with Gasteiger partial charge in [-0.15, -0.1) is 11.8 Å². The van der Waals surface area contributed by atoms with Crippen LogP contribution in [0.15, 0.2) is 29.2 Å². The predicted molar refractivity (Wildman–Crippen MR) is 78.1 cm³/mol. The Morgan fingerprint density at radius 2 is 2.32 bits per heavy atom. The molecule has 1 aromatic rings. The molecule has 1 unspecified atom stereocenters. The van der Waals surface area contributed by atoms with Gasteiger partial charge in [0.1, 0.15) is 5.75 Å². The number of carbonyl (C=O) groups is 1. The Hall–Kier alpha value is -1.46. The Morgan fingerprint density at radius 1 is 1.47 bits per heavy atom. The van der Waals surface area contributed by atoms with Gasteiger partial charge in [-0.25, -0.2) is 5.43 Å². The summed E-state index contributed by atoms with van der Waals surface area (Å²) in [6.07, 6.45) is 7.61. The van der Waals surface area contributed by atoms with Crippen LogP contribution in [0.5, 0.6) is 5.75 Å². The van der Waals surface area contributed by atoms with E-state index in [0.29, 0.717) is 6.42 Å². The Morgan fingerprint density at radius 3 is 2.95 bits per heavy atom. The Balaban J connectivity index is 2.07. The van der Waals surface area contributed by atoms with Crippen LogP contribution in [0.4, 0.5) is 0 Å². The van der Waals surface area contributed by atoms with Crippen LogP contribution in [-0.2, 0) is 4.79 Å². The van der Waals surface area contributed by atoms with Gasteiger partial charge in [0.2, 0.25) is 5.91 Å². The highest BCUT2D eigenvalue weighted by Gasteiger charge is 2.14. The van der Waals surface area contributed by atoms with Crippen LogP contribution >= 0.6 is 11.8 Å². The van der Waals surface area contributed by atoms with Crippen LogP contribution in [0.25, 0.3) is 6.08 Å². The fourth-order valence-corrected chi connectivity index (χ4v) is 2.52. The number of carbonyl (C=O) groups excluding carboxylic acids is 1. The van der Waals surface area contributed by atoms with Gasteiger partial charge in [-0.05, 0) is 30.4 Å². The van der Waals surface area contributed by atoms with Gasteiger partial charge in [-0.1, -0.05) is 18.2 Å². The lowest BCUT2D eigenvalue weighted by Crippen LogP contribution is -2.48. The van der Waals surface area contributed by atoms with Gasteiger partial charge in [-0.2, -0.15) is 0 Å². The summed E-state index contributed by atoms with van der Waals surface area (Å²) in [7, 11) is 1.67. The number of methoxy groups -OCH3 is 1. The van der Waals surface area contributed by atoms with Crippen molar-refractivity contribution in [2.75, 3.05) is 13.4 Å². The van der Waals surface area contributed by atoms with Gasteiger partial charge in [0, 0.05) is 17.4 Å². The highest BCUT2D eigenvalue weighted by molar-refractivity contribution is 7.98. The number of benzene rings is 1. The fourth-order valence-electron chi connectivity index (χ4n) is 1.91. The average molecular weight is 278 g/mol. The zero-order chi connectivity index (χ0) is 13.7. The van der Waals surface area contributed by atoms with Crippen molar-refractivity contribution in [2.45, 2.75) is 23.8 Å². The second-order valence-corrected chi connectivity index (χ2v) is 5.15. The van der Waals surface area contributed by atoms with E-state index < -0.39 is 0 Å². The molecule has 0 radical (unpaired) electrons. The third kappa shape index (κ3) is 3.75. The number of hydrogen-bond acceptors (Lipinski definition) is 4. The van der Waals surface area contributed by atoms with Crippen LogP contribution in [0.1, 0.15) is 18.4 Å². The molecule has 0 saturated carbocycles. The predicted octanol–water partition coefficient (Wildman–Crippen LogP) is 2.21. The van der Waals surface area contributed by atoms with Gasteiger partial charge in [-0.3, -0.25) is 10.2 Å². The molecule has 4 nitrogen and oxygen atoms in total. The molecular formula is C14H18N2O2S. The summed E-state index contributed by atoms with van der Waals surface area (Å²) in [4.78, 5) is 12.2. The van der Waals surface area contributed by atoms with E-state index in [4.69, 9.17) is 4.74 Å². The normalized spacial score (nSPS) is 19.5. The van der Waals surface area contributed by atoms with Crippen molar-refractivity contribution in [2.24, 2.45) is 0 Å². The number of amides is 1. The van der Waals surface area contributed by atoms with E-state index in [1.54, 1.807) is 18.9 Å². The molecule has 0 spiro atoms. The molecule has 0 aliphatic carbocycles.